The van der Waals surface area contributed by atoms with Gasteiger partial charge >= 0.3 is 0 Å². The molecular formula is C18H16BrN3O2S. The second-order valence-electron chi connectivity index (χ2n) is 6.00. The number of sulfonamides is 1. The fourth-order valence-corrected chi connectivity index (χ4v) is 4.59. The normalized spacial score (nSPS) is 14.3. The molecule has 1 aliphatic rings. The Kier molecular flexibility index (Phi) is 4.23. The van der Waals surface area contributed by atoms with E-state index >= 15 is 0 Å². The van der Waals surface area contributed by atoms with E-state index in [0.717, 1.165) is 33.9 Å². The Bertz CT molecular complexity index is 1070. The molecule has 2 aromatic carbocycles. The van der Waals surface area contributed by atoms with E-state index in [9.17, 15) is 8.42 Å². The van der Waals surface area contributed by atoms with Crippen molar-refractivity contribution in [2.24, 2.45) is 0 Å². The number of nitrogens with zero attached hydrogens (tertiary/aromatic N) is 1. The topological polar surface area (TPSA) is 71.1 Å². The summed E-state index contributed by atoms with van der Waals surface area (Å²) in [5.74, 6) is 0. The molecule has 0 amide bonds. The predicted octanol–water partition coefficient (Wildman–Crippen LogP) is 3.44. The molecule has 0 atom stereocenters. The Hall–Kier alpha value is -1.96. The SMILES string of the molecule is O=S(=O)(Nc1cnc2c(Br)cccc2c1)c1ccc2c(c1)CNCC2. The number of hydrogen-bond donors (Lipinski definition) is 2. The standard InChI is InChI=1S/C18H16BrN3O2S/c19-17-3-1-2-13-8-15(11-21-18(13)17)22-25(23,24)16-5-4-12-6-7-20-10-14(12)9-16/h1-5,8-9,11,20,22H,6-7,10H2. The third kappa shape index (κ3) is 3.27. The number of rotatable bonds is 3. The van der Waals surface area contributed by atoms with Gasteiger partial charge in [0.1, 0.15) is 0 Å². The minimum Gasteiger partial charge on any atom is -0.312 e. The second-order valence-corrected chi connectivity index (χ2v) is 8.54. The van der Waals surface area contributed by atoms with Crippen molar-refractivity contribution in [1.82, 2.24) is 10.3 Å². The quantitative estimate of drug-likeness (QED) is 0.684. The highest BCUT2D eigenvalue weighted by Gasteiger charge is 2.18. The van der Waals surface area contributed by atoms with E-state index in [4.69, 9.17) is 0 Å². The fourth-order valence-electron chi connectivity index (χ4n) is 3.02. The lowest BCUT2D eigenvalue weighted by atomic mass is 10.0. The summed E-state index contributed by atoms with van der Waals surface area (Å²) in [6.07, 6.45) is 2.46. The van der Waals surface area contributed by atoms with Gasteiger partial charge < -0.3 is 5.32 Å². The van der Waals surface area contributed by atoms with Crippen LogP contribution < -0.4 is 10.0 Å². The lowest BCUT2D eigenvalue weighted by Crippen LogP contribution is -2.24. The lowest BCUT2D eigenvalue weighted by Gasteiger charge is -2.18. The van der Waals surface area contributed by atoms with Crippen LogP contribution in [0, 0.1) is 0 Å². The molecule has 0 saturated carbocycles. The van der Waals surface area contributed by atoms with Crippen molar-refractivity contribution in [3.8, 4) is 0 Å². The zero-order valence-electron chi connectivity index (χ0n) is 13.3. The monoisotopic (exact) mass is 417 g/mol. The highest BCUT2D eigenvalue weighted by molar-refractivity contribution is 9.10. The summed E-state index contributed by atoms with van der Waals surface area (Å²) in [6.45, 7) is 1.62. The van der Waals surface area contributed by atoms with Gasteiger partial charge in [-0.3, -0.25) is 9.71 Å². The Morgan fingerprint density at radius 2 is 2.00 bits per heavy atom. The van der Waals surface area contributed by atoms with Gasteiger partial charge in [-0.15, -0.1) is 0 Å². The van der Waals surface area contributed by atoms with E-state index < -0.39 is 10.0 Å². The Labute approximate surface area is 154 Å². The van der Waals surface area contributed by atoms with Gasteiger partial charge in [-0.1, -0.05) is 18.2 Å². The Morgan fingerprint density at radius 1 is 1.12 bits per heavy atom. The number of anilines is 1. The molecule has 0 saturated heterocycles. The number of nitrogens with one attached hydrogen (secondary N) is 2. The van der Waals surface area contributed by atoms with Crippen LogP contribution in [0.2, 0.25) is 0 Å². The van der Waals surface area contributed by atoms with Gasteiger partial charge in [-0.05, 0) is 64.3 Å². The van der Waals surface area contributed by atoms with Crippen LogP contribution in [0.4, 0.5) is 5.69 Å². The van der Waals surface area contributed by atoms with E-state index in [-0.39, 0.29) is 4.90 Å². The largest absolute Gasteiger partial charge is 0.312 e. The molecule has 1 aliphatic heterocycles. The highest BCUT2D eigenvalue weighted by atomic mass is 79.9. The molecule has 0 fully saturated rings. The van der Waals surface area contributed by atoms with E-state index in [2.05, 4.69) is 31.0 Å². The summed E-state index contributed by atoms with van der Waals surface area (Å²) in [7, 11) is -3.66. The van der Waals surface area contributed by atoms with Crippen molar-refractivity contribution in [1.29, 1.82) is 0 Å². The first-order valence-corrected chi connectivity index (χ1v) is 10.2. The summed E-state index contributed by atoms with van der Waals surface area (Å²) in [6, 6.07) is 12.8. The maximum absolute atomic E-state index is 12.7. The number of para-hydroxylation sites is 1. The minimum absolute atomic E-state index is 0.268. The van der Waals surface area contributed by atoms with Crippen LogP contribution >= 0.6 is 15.9 Å². The van der Waals surface area contributed by atoms with Gasteiger partial charge in [0, 0.05) is 16.4 Å². The number of hydrogen-bond acceptors (Lipinski definition) is 4. The van der Waals surface area contributed by atoms with Gasteiger partial charge in [0.05, 0.1) is 22.3 Å². The molecule has 2 heterocycles. The van der Waals surface area contributed by atoms with E-state index in [1.54, 1.807) is 18.2 Å². The molecule has 0 bridgehead atoms. The van der Waals surface area contributed by atoms with Gasteiger partial charge in [0.25, 0.3) is 10.0 Å². The van der Waals surface area contributed by atoms with Crippen LogP contribution in [0.1, 0.15) is 11.1 Å². The molecular weight excluding hydrogens is 402 g/mol. The third-order valence-electron chi connectivity index (χ3n) is 4.29. The van der Waals surface area contributed by atoms with E-state index in [1.807, 2.05) is 24.3 Å². The second kappa shape index (κ2) is 6.40. The van der Waals surface area contributed by atoms with Crippen molar-refractivity contribution in [2.75, 3.05) is 11.3 Å². The number of fused-ring (bicyclic) bond motifs is 2. The molecule has 128 valence electrons. The summed E-state index contributed by atoms with van der Waals surface area (Å²) in [4.78, 5) is 4.61. The van der Waals surface area contributed by atoms with Crippen molar-refractivity contribution in [3.63, 3.8) is 0 Å². The number of benzene rings is 2. The third-order valence-corrected chi connectivity index (χ3v) is 6.31. The van der Waals surface area contributed by atoms with Crippen molar-refractivity contribution in [2.45, 2.75) is 17.9 Å². The predicted molar refractivity (Wildman–Crippen MR) is 102 cm³/mol. The van der Waals surface area contributed by atoms with Crippen LogP contribution in [0.5, 0.6) is 0 Å². The van der Waals surface area contributed by atoms with Gasteiger partial charge in [0.2, 0.25) is 0 Å². The maximum Gasteiger partial charge on any atom is 0.261 e. The number of halogens is 1. The van der Waals surface area contributed by atoms with Crippen molar-refractivity contribution in [3.05, 3.63) is 64.3 Å². The number of aromatic nitrogens is 1. The Morgan fingerprint density at radius 3 is 2.88 bits per heavy atom. The van der Waals surface area contributed by atoms with Crippen LogP contribution in [0.25, 0.3) is 10.9 Å². The molecule has 4 rings (SSSR count). The van der Waals surface area contributed by atoms with Crippen LogP contribution in [-0.4, -0.2) is 19.9 Å². The van der Waals surface area contributed by atoms with Crippen LogP contribution in [0.3, 0.4) is 0 Å². The molecule has 1 aromatic heterocycles. The highest BCUT2D eigenvalue weighted by Crippen LogP contribution is 2.26. The molecule has 25 heavy (non-hydrogen) atoms. The molecule has 2 N–H and O–H groups in total. The van der Waals surface area contributed by atoms with E-state index in [0.29, 0.717) is 12.2 Å². The zero-order valence-corrected chi connectivity index (χ0v) is 15.7. The zero-order chi connectivity index (χ0) is 17.4. The van der Waals surface area contributed by atoms with Crippen molar-refractivity contribution < 1.29 is 8.42 Å². The molecule has 0 spiro atoms. The minimum atomic E-state index is -3.66. The smallest absolute Gasteiger partial charge is 0.261 e. The lowest BCUT2D eigenvalue weighted by molar-refractivity contribution is 0.599. The van der Waals surface area contributed by atoms with Crippen LogP contribution in [0.15, 0.2) is 58.0 Å². The molecule has 0 radical (unpaired) electrons. The first-order chi connectivity index (χ1) is 12.0. The molecule has 3 aromatic rings. The van der Waals surface area contributed by atoms with E-state index in [1.165, 1.54) is 11.8 Å². The first-order valence-electron chi connectivity index (χ1n) is 7.92. The summed E-state index contributed by atoms with van der Waals surface area (Å²) in [5.41, 5.74) is 3.48. The molecule has 5 nitrogen and oxygen atoms in total. The van der Waals surface area contributed by atoms with Gasteiger partial charge in [-0.2, -0.15) is 0 Å². The maximum atomic E-state index is 12.7. The number of pyridine rings is 1. The average molecular weight is 418 g/mol. The Balaban J connectivity index is 1.67. The molecule has 7 heteroatoms. The van der Waals surface area contributed by atoms with Gasteiger partial charge in [-0.25, -0.2) is 8.42 Å². The summed E-state index contributed by atoms with van der Waals surface area (Å²) >= 11 is 3.45. The average Bonchev–Trinajstić information content (AvgIpc) is 2.61. The summed E-state index contributed by atoms with van der Waals surface area (Å²) in [5, 5.41) is 4.13. The molecule has 0 unspecified atom stereocenters. The summed E-state index contributed by atoms with van der Waals surface area (Å²) < 4.78 is 28.9. The van der Waals surface area contributed by atoms with Crippen LogP contribution in [-0.2, 0) is 23.0 Å². The fraction of sp³-hybridized carbons (Fsp3) is 0.167. The van der Waals surface area contributed by atoms with Gasteiger partial charge in [0.15, 0.2) is 0 Å². The van der Waals surface area contributed by atoms with Crippen molar-refractivity contribution >= 4 is 42.5 Å². The molecule has 0 aliphatic carbocycles. The first kappa shape index (κ1) is 16.5.